The molecule has 4 nitrogen and oxygen atoms in total. The molecule has 0 saturated heterocycles. The first-order chi connectivity index (χ1) is 12.7. The molecule has 4 rings (SSSR count). The van der Waals surface area contributed by atoms with Crippen LogP contribution in [0.5, 0.6) is 5.88 Å². The van der Waals surface area contributed by atoms with Crippen LogP contribution in [0.2, 0.25) is 0 Å². The fourth-order valence-corrected chi connectivity index (χ4v) is 3.39. The highest BCUT2D eigenvalue weighted by molar-refractivity contribution is 5.94. The maximum atomic E-state index is 10.7. The minimum absolute atomic E-state index is 0.308. The number of benzene rings is 2. The van der Waals surface area contributed by atoms with Crippen LogP contribution in [-0.4, -0.2) is 19.6 Å². The van der Waals surface area contributed by atoms with Gasteiger partial charge in [0.05, 0.1) is 18.4 Å². The fraction of sp³-hybridized carbons (Fsp3) is 0.182. The molecule has 2 aromatic carbocycles. The van der Waals surface area contributed by atoms with Gasteiger partial charge in [0.25, 0.3) is 0 Å². The zero-order chi connectivity index (χ0) is 18.1. The number of aryl methyl sites for hydroxylation is 2. The molecule has 0 saturated carbocycles. The van der Waals surface area contributed by atoms with Crippen molar-refractivity contribution >= 4 is 10.8 Å². The molecule has 2 heterocycles. The molecule has 0 fully saturated rings. The molecule has 0 atom stereocenters. The van der Waals surface area contributed by atoms with Crippen molar-refractivity contribution in [3.05, 3.63) is 77.9 Å². The van der Waals surface area contributed by atoms with E-state index in [0.29, 0.717) is 12.4 Å². The molecule has 1 N–H and O–H groups in total. The lowest BCUT2D eigenvalue weighted by atomic mass is 10.0. The summed E-state index contributed by atoms with van der Waals surface area (Å²) in [7, 11) is 0. The second kappa shape index (κ2) is 6.64. The molecule has 4 heteroatoms. The van der Waals surface area contributed by atoms with E-state index in [-0.39, 0.29) is 0 Å². The van der Waals surface area contributed by atoms with E-state index in [1.807, 2.05) is 23.8 Å². The standard InChI is InChI=1S/C22H21N3O/c1-3-16-4-6-17(7-5-16)13-25-14-19-11-18(20-12-23-8-9-24-20)10-15(2)21(19)22(25)26/h4-12,14,26H,3,13H2,1-2H3. The van der Waals surface area contributed by atoms with E-state index in [0.717, 1.165) is 34.0 Å². The van der Waals surface area contributed by atoms with E-state index < -0.39 is 0 Å². The topological polar surface area (TPSA) is 50.9 Å². The van der Waals surface area contributed by atoms with Crippen LogP contribution < -0.4 is 0 Å². The monoisotopic (exact) mass is 343 g/mol. The average molecular weight is 343 g/mol. The first-order valence-electron chi connectivity index (χ1n) is 8.82. The van der Waals surface area contributed by atoms with Crippen LogP contribution in [0.1, 0.15) is 23.6 Å². The SMILES string of the molecule is CCc1ccc(Cn2cc3cc(-c4cnccn4)cc(C)c3c2O)cc1. The first-order valence-corrected chi connectivity index (χ1v) is 8.82. The summed E-state index contributed by atoms with van der Waals surface area (Å²) >= 11 is 0. The third kappa shape index (κ3) is 2.94. The molecule has 0 radical (unpaired) electrons. The summed E-state index contributed by atoms with van der Waals surface area (Å²) in [5, 5.41) is 12.6. The minimum atomic E-state index is 0.308. The molecule has 0 amide bonds. The average Bonchev–Trinajstić information content (AvgIpc) is 2.99. The van der Waals surface area contributed by atoms with Gasteiger partial charge in [-0.3, -0.25) is 9.97 Å². The number of aromatic nitrogens is 3. The third-order valence-corrected chi connectivity index (χ3v) is 4.80. The van der Waals surface area contributed by atoms with Crippen LogP contribution in [0.15, 0.2) is 61.2 Å². The van der Waals surface area contributed by atoms with E-state index in [1.165, 1.54) is 11.1 Å². The number of hydrogen-bond donors (Lipinski definition) is 1. The molecule has 0 bridgehead atoms. The highest BCUT2D eigenvalue weighted by Crippen LogP contribution is 2.34. The highest BCUT2D eigenvalue weighted by Gasteiger charge is 2.13. The second-order valence-electron chi connectivity index (χ2n) is 6.60. The molecule has 0 aliphatic heterocycles. The summed E-state index contributed by atoms with van der Waals surface area (Å²) in [6.07, 6.45) is 8.15. The second-order valence-corrected chi connectivity index (χ2v) is 6.60. The van der Waals surface area contributed by atoms with E-state index in [2.05, 4.69) is 47.2 Å². The van der Waals surface area contributed by atoms with E-state index >= 15 is 0 Å². The Morgan fingerprint density at radius 1 is 1.04 bits per heavy atom. The Labute approximate surface area is 152 Å². The molecule has 0 unspecified atom stereocenters. The lowest BCUT2D eigenvalue weighted by molar-refractivity contribution is 0.430. The van der Waals surface area contributed by atoms with E-state index in [9.17, 15) is 5.11 Å². The summed E-state index contributed by atoms with van der Waals surface area (Å²) in [6.45, 7) is 4.81. The van der Waals surface area contributed by atoms with Gasteiger partial charge in [-0.1, -0.05) is 31.2 Å². The van der Waals surface area contributed by atoms with Crippen LogP contribution in [0, 0.1) is 6.92 Å². The summed E-state index contributed by atoms with van der Waals surface area (Å²) in [5.74, 6) is 0.308. The van der Waals surface area contributed by atoms with Gasteiger partial charge in [0.2, 0.25) is 0 Å². The Balaban J connectivity index is 1.74. The van der Waals surface area contributed by atoms with Crippen molar-refractivity contribution in [1.29, 1.82) is 0 Å². The summed E-state index contributed by atoms with van der Waals surface area (Å²) < 4.78 is 1.90. The molecule has 0 aliphatic rings. The molecular weight excluding hydrogens is 322 g/mol. The van der Waals surface area contributed by atoms with Gasteiger partial charge in [0.15, 0.2) is 5.88 Å². The lowest BCUT2D eigenvalue weighted by Gasteiger charge is -2.06. The third-order valence-electron chi connectivity index (χ3n) is 4.80. The largest absolute Gasteiger partial charge is 0.494 e. The zero-order valence-corrected chi connectivity index (χ0v) is 15.0. The van der Waals surface area contributed by atoms with Crippen molar-refractivity contribution in [3.8, 4) is 17.1 Å². The van der Waals surface area contributed by atoms with Crippen LogP contribution in [0.4, 0.5) is 0 Å². The van der Waals surface area contributed by atoms with Crippen LogP contribution >= 0.6 is 0 Å². The van der Waals surface area contributed by atoms with Gasteiger partial charge in [0.1, 0.15) is 0 Å². The number of aromatic hydroxyl groups is 1. The predicted octanol–water partition coefficient (Wildman–Crippen LogP) is 4.72. The Kier molecular flexibility index (Phi) is 4.17. The quantitative estimate of drug-likeness (QED) is 0.583. The zero-order valence-electron chi connectivity index (χ0n) is 15.0. The number of hydrogen-bond acceptors (Lipinski definition) is 3. The Hall–Kier alpha value is -3.14. The van der Waals surface area contributed by atoms with Gasteiger partial charge in [0, 0.05) is 34.9 Å². The van der Waals surface area contributed by atoms with Crippen molar-refractivity contribution in [2.75, 3.05) is 0 Å². The molecule has 0 aliphatic carbocycles. The number of rotatable bonds is 4. The van der Waals surface area contributed by atoms with Gasteiger partial charge in [-0.05, 0) is 42.2 Å². The molecule has 26 heavy (non-hydrogen) atoms. The Bertz CT molecular complexity index is 1050. The van der Waals surface area contributed by atoms with Gasteiger partial charge in [-0.2, -0.15) is 0 Å². The summed E-state index contributed by atoms with van der Waals surface area (Å²) in [4.78, 5) is 8.52. The molecule has 0 spiro atoms. The lowest BCUT2D eigenvalue weighted by Crippen LogP contribution is -1.97. The van der Waals surface area contributed by atoms with Crippen LogP contribution in [0.3, 0.4) is 0 Å². The smallest absolute Gasteiger partial charge is 0.199 e. The normalized spacial score (nSPS) is 11.2. The minimum Gasteiger partial charge on any atom is -0.494 e. The maximum absolute atomic E-state index is 10.7. The van der Waals surface area contributed by atoms with Gasteiger partial charge >= 0.3 is 0 Å². The van der Waals surface area contributed by atoms with Gasteiger partial charge < -0.3 is 9.67 Å². The fourth-order valence-electron chi connectivity index (χ4n) is 3.39. The predicted molar refractivity (Wildman–Crippen MR) is 104 cm³/mol. The maximum Gasteiger partial charge on any atom is 0.199 e. The highest BCUT2D eigenvalue weighted by atomic mass is 16.3. The van der Waals surface area contributed by atoms with Crippen molar-refractivity contribution in [3.63, 3.8) is 0 Å². The van der Waals surface area contributed by atoms with Crippen LogP contribution in [0.25, 0.3) is 22.0 Å². The molecule has 2 aromatic heterocycles. The van der Waals surface area contributed by atoms with Crippen molar-refractivity contribution in [1.82, 2.24) is 14.5 Å². The number of nitrogens with zero attached hydrogens (tertiary/aromatic N) is 3. The van der Waals surface area contributed by atoms with Gasteiger partial charge in [-0.15, -0.1) is 0 Å². The Morgan fingerprint density at radius 3 is 2.50 bits per heavy atom. The van der Waals surface area contributed by atoms with Gasteiger partial charge in [-0.25, -0.2) is 0 Å². The summed E-state index contributed by atoms with van der Waals surface area (Å²) in [6, 6.07) is 12.6. The van der Waals surface area contributed by atoms with Crippen LogP contribution in [-0.2, 0) is 13.0 Å². The number of fused-ring (bicyclic) bond motifs is 1. The van der Waals surface area contributed by atoms with Crippen molar-refractivity contribution in [2.24, 2.45) is 0 Å². The molecule has 4 aromatic rings. The Morgan fingerprint density at radius 2 is 1.81 bits per heavy atom. The summed E-state index contributed by atoms with van der Waals surface area (Å²) in [5.41, 5.74) is 5.36. The van der Waals surface area contributed by atoms with Crippen molar-refractivity contribution in [2.45, 2.75) is 26.8 Å². The molecule has 130 valence electrons. The molecular formula is C22H21N3O. The first kappa shape index (κ1) is 16.3. The van der Waals surface area contributed by atoms with E-state index in [1.54, 1.807) is 18.6 Å². The van der Waals surface area contributed by atoms with E-state index in [4.69, 9.17) is 0 Å². The van der Waals surface area contributed by atoms with Crippen molar-refractivity contribution < 1.29 is 5.11 Å².